The minimum absolute atomic E-state index is 0.128. The first kappa shape index (κ1) is 23.9. The number of aryl methyl sites for hydroxylation is 1. The number of hydrogen-bond donors (Lipinski definition) is 1. The van der Waals surface area contributed by atoms with Gasteiger partial charge < -0.3 is 19.4 Å². The van der Waals surface area contributed by atoms with Crippen LogP contribution in [0, 0.1) is 25.2 Å². The summed E-state index contributed by atoms with van der Waals surface area (Å²) in [4.78, 5) is 24.3. The predicted molar refractivity (Wildman–Crippen MR) is 118 cm³/mol. The average Bonchev–Trinajstić information content (AvgIpc) is 3.05. The summed E-state index contributed by atoms with van der Waals surface area (Å²) >= 11 is 0. The Morgan fingerprint density at radius 2 is 1.97 bits per heavy atom. The van der Waals surface area contributed by atoms with Crippen LogP contribution >= 0.6 is 0 Å². The highest BCUT2D eigenvalue weighted by molar-refractivity contribution is 5.99. The second-order valence-corrected chi connectivity index (χ2v) is 7.33. The molecule has 0 saturated heterocycles. The molecule has 1 atom stereocenters. The van der Waals surface area contributed by atoms with Crippen LogP contribution < -0.4 is 5.32 Å². The summed E-state index contributed by atoms with van der Waals surface area (Å²) in [5, 5.41) is 12.1. The highest BCUT2D eigenvalue weighted by Gasteiger charge is 2.16. The zero-order chi connectivity index (χ0) is 22.8. The molecule has 0 saturated carbocycles. The van der Waals surface area contributed by atoms with Gasteiger partial charge in [0.05, 0.1) is 6.61 Å². The molecule has 1 heterocycles. The van der Waals surface area contributed by atoms with Gasteiger partial charge in [-0.25, -0.2) is 4.79 Å². The quantitative estimate of drug-likeness (QED) is 0.360. The Bertz CT molecular complexity index is 971. The van der Waals surface area contributed by atoms with E-state index >= 15 is 0 Å². The Kier molecular flexibility index (Phi) is 9.04. The number of nitriles is 1. The third kappa shape index (κ3) is 6.83. The van der Waals surface area contributed by atoms with E-state index in [4.69, 9.17) is 9.47 Å². The lowest BCUT2D eigenvalue weighted by Gasteiger charge is -2.13. The van der Waals surface area contributed by atoms with Gasteiger partial charge in [0.1, 0.15) is 11.6 Å². The van der Waals surface area contributed by atoms with E-state index in [0.29, 0.717) is 19.7 Å². The highest BCUT2D eigenvalue weighted by Crippen LogP contribution is 2.19. The number of aromatic nitrogens is 1. The molecule has 2 rings (SSSR count). The third-order valence-electron chi connectivity index (χ3n) is 5.08. The molecule has 0 aliphatic carbocycles. The van der Waals surface area contributed by atoms with Crippen molar-refractivity contribution in [3.63, 3.8) is 0 Å². The fourth-order valence-corrected chi connectivity index (χ4v) is 3.22. The van der Waals surface area contributed by atoms with Gasteiger partial charge in [0, 0.05) is 31.6 Å². The van der Waals surface area contributed by atoms with Gasteiger partial charge in [-0.1, -0.05) is 37.3 Å². The van der Waals surface area contributed by atoms with Crippen LogP contribution in [0.5, 0.6) is 0 Å². The number of benzene rings is 1. The number of hydrogen-bond acceptors (Lipinski definition) is 5. The molecule has 1 N–H and O–H groups in total. The molecular formula is C24H29N3O4. The highest BCUT2D eigenvalue weighted by atomic mass is 16.5. The Labute approximate surface area is 183 Å². The summed E-state index contributed by atoms with van der Waals surface area (Å²) < 4.78 is 12.2. The fourth-order valence-electron chi connectivity index (χ4n) is 3.22. The molecule has 0 unspecified atom stereocenters. The van der Waals surface area contributed by atoms with Crippen molar-refractivity contribution in [3.8, 4) is 6.07 Å². The second-order valence-electron chi connectivity index (χ2n) is 7.33. The van der Waals surface area contributed by atoms with Crippen LogP contribution in [0.4, 0.5) is 0 Å². The van der Waals surface area contributed by atoms with Crippen molar-refractivity contribution in [3.05, 3.63) is 64.5 Å². The monoisotopic (exact) mass is 423 g/mol. The van der Waals surface area contributed by atoms with Gasteiger partial charge >= 0.3 is 5.97 Å². The van der Waals surface area contributed by atoms with Crippen LogP contribution in [0.15, 0.2) is 42.0 Å². The van der Waals surface area contributed by atoms with Gasteiger partial charge in [0.25, 0.3) is 5.91 Å². The second kappa shape index (κ2) is 11.7. The molecule has 7 nitrogen and oxygen atoms in total. The van der Waals surface area contributed by atoms with E-state index in [1.54, 1.807) is 7.11 Å². The zero-order valence-electron chi connectivity index (χ0n) is 18.5. The van der Waals surface area contributed by atoms with E-state index in [9.17, 15) is 14.9 Å². The van der Waals surface area contributed by atoms with E-state index in [-0.39, 0.29) is 11.5 Å². The van der Waals surface area contributed by atoms with Crippen molar-refractivity contribution in [1.82, 2.24) is 9.88 Å². The van der Waals surface area contributed by atoms with Gasteiger partial charge in [-0.15, -0.1) is 0 Å². The predicted octanol–water partition coefficient (Wildman–Crippen LogP) is 3.12. The van der Waals surface area contributed by atoms with Crippen LogP contribution in [0.25, 0.3) is 6.08 Å². The molecule has 0 aliphatic rings. The summed E-state index contributed by atoms with van der Waals surface area (Å²) in [6.07, 6.45) is 1.49. The lowest BCUT2D eigenvalue weighted by atomic mass is 10.0. The maximum atomic E-state index is 12.3. The molecule has 0 radical (unpaired) electrons. The normalized spacial score (nSPS) is 12.2. The first-order chi connectivity index (χ1) is 14.9. The molecule has 1 aromatic heterocycles. The molecule has 0 bridgehead atoms. The maximum Gasteiger partial charge on any atom is 0.349 e. The number of rotatable bonds is 10. The standard InChI is InChI=1S/C24H29N3O4/c1-17(20-8-6-5-7-9-20)15-26-23(28)16-31-24(29)22(14-25)13-21-12-18(2)27(19(21)3)10-11-30-4/h5-9,12-13,17H,10-11,15-16H2,1-4H3,(H,26,28)/b22-13+/t17-/m1/s1. The smallest absolute Gasteiger partial charge is 0.349 e. The Hall–Kier alpha value is -3.37. The van der Waals surface area contributed by atoms with Gasteiger partial charge in [-0.2, -0.15) is 5.26 Å². The lowest BCUT2D eigenvalue weighted by molar-refractivity contribution is -0.144. The zero-order valence-corrected chi connectivity index (χ0v) is 18.5. The van der Waals surface area contributed by atoms with Gasteiger partial charge in [-0.05, 0) is 43.0 Å². The van der Waals surface area contributed by atoms with Crippen molar-refractivity contribution >= 4 is 18.0 Å². The number of methoxy groups -OCH3 is 1. The van der Waals surface area contributed by atoms with Crippen molar-refractivity contribution in [2.24, 2.45) is 0 Å². The van der Waals surface area contributed by atoms with Gasteiger partial charge in [-0.3, -0.25) is 4.79 Å². The lowest BCUT2D eigenvalue weighted by Crippen LogP contribution is -2.31. The summed E-state index contributed by atoms with van der Waals surface area (Å²) in [6, 6.07) is 13.6. The topological polar surface area (TPSA) is 93.3 Å². The largest absolute Gasteiger partial charge is 0.451 e. The number of carbonyl (C=O) groups is 2. The molecule has 0 fully saturated rings. The summed E-state index contributed by atoms with van der Waals surface area (Å²) in [6.45, 7) is 7.09. The van der Waals surface area contributed by atoms with Crippen molar-refractivity contribution in [2.45, 2.75) is 33.2 Å². The van der Waals surface area contributed by atoms with Gasteiger partial charge in [0.2, 0.25) is 0 Å². The molecule has 1 aromatic carbocycles. The molecule has 2 aromatic rings. The molecule has 0 aliphatic heterocycles. The van der Waals surface area contributed by atoms with Crippen LogP contribution in [0.3, 0.4) is 0 Å². The molecule has 164 valence electrons. The van der Waals surface area contributed by atoms with E-state index in [2.05, 4.69) is 9.88 Å². The molecule has 0 spiro atoms. The Morgan fingerprint density at radius 3 is 2.61 bits per heavy atom. The Morgan fingerprint density at radius 1 is 1.26 bits per heavy atom. The van der Waals surface area contributed by atoms with E-state index in [1.165, 1.54) is 6.08 Å². The molecular weight excluding hydrogens is 394 g/mol. The summed E-state index contributed by atoms with van der Waals surface area (Å²) in [7, 11) is 1.64. The summed E-state index contributed by atoms with van der Waals surface area (Å²) in [5.74, 6) is -1.11. The van der Waals surface area contributed by atoms with Crippen LogP contribution in [-0.2, 0) is 25.6 Å². The number of ether oxygens (including phenoxy) is 2. The van der Waals surface area contributed by atoms with E-state index < -0.39 is 18.5 Å². The molecule has 7 heteroatoms. The molecule has 1 amide bonds. The fraction of sp³-hybridized carbons (Fsp3) is 0.375. The van der Waals surface area contributed by atoms with E-state index in [0.717, 1.165) is 22.5 Å². The molecule has 31 heavy (non-hydrogen) atoms. The number of esters is 1. The summed E-state index contributed by atoms with van der Waals surface area (Å²) in [5.41, 5.74) is 3.62. The SMILES string of the molecule is COCCn1c(C)cc(/C=C(\C#N)C(=O)OCC(=O)NC[C@@H](C)c2ccccc2)c1C. The first-order valence-electron chi connectivity index (χ1n) is 10.1. The Balaban J connectivity index is 1.93. The first-order valence-corrected chi connectivity index (χ1v) is 10.1. The van der Waals surface area contributed by atoms with E-state index in [1.807, 2.05) is 63.2 Å². The number of nitrogens with one attached hydrogen (secondary N) is 1. The van der Waals surface area contributed by atoms with Crippen LogP contribution in [0.2, 0.25) is 0 Å². The maximum absolute atomic E-state index is 12.3. The minimum atomic E-state index is -0.824. The minimum Gasteiger partial charge on any atom is -0.451 e. The number of amides is 1. The van der Waals surface area contributed by atoms with Crippen molar-refractivity contribution < 1.29 is 19.1 Å². The number of nitrogens with zero attached hydrogens (tertiary/aromatic N) is 2. The van der Waals surface area contributed by atoms with Crippen molar-refractivity contribution in [2.75, 3.05) is 26.9 Å². The third-order valence-corrected chi connectivity index (χ3v) is 5.08. The van der Waals surface area contributed by atoms with Crippen LogP contribution in [0.1, 0.15) is 35.4 Å². The average molecular weight is 424 g/mol. The van der Waals surface area contributed by atoms with Gasteiger partial charge in [0.15, 0.2) is 6.61 Å². The van der Waals surface area contributed by atoms with Crippen LogP contribution in [-0.4, -0.2) is 43.3 Å². The number of carbonyl (C=O) groups excluding carboxylic acids is 2. The van der Waals surface area contributed by atoms with Crippen molar-refractivity contribution in [1.29, 1.82) is 5.26 Å².